The van der Waals surface area contributed by atoms with Gasteiger partial charge in [-0.25, -0.2) is 0 Å². The summed E-state index contributed by atoms with van der Waals surface area (Å²) in [5.41, 5.74) is 1.13. The van der Waals surface area contributed by atoms with E-state index in [2.05, 4.69) is 21.7 Å². The Kier molecular flexibility index (Phi) is 5.62. The zero-order valence-corrected chi connectivity index (χ0v) is 14.5. The lowest BCUT2D eigenvalue weighted by Crippen LogP contribution is -2.22. The predicted molar refractivity (Wildman–Crippen MR) is 93.5 cm³/mol. The van der Waals surface area contributed by atoms with Crippen LogP contribution in [0.1, 0.15) is 38.5 Å². The number of rotatable bonds is 4. The first-order valence-corrected chi connectivity index (χ1v) is 9.27. The molecule has 23 heavy (non-hydrogen) atoms. The SMILES string of the molecule is COCCn1/c(=N/C(=O)C2CCCCCC2)sc2ccccc21. The summed E-state index contributed by atoms with van der Waals surface area (Å²) < 4.78 is 8.49. The number of thiazole rings is 1. The molecule has 1 saturated carbocycles. The average Bonchev–Trinajstić information content (AvgIpc) is 2.75. The summed E-state index contributed by atoms with van der Waals surface area (Å²) in [6.45, 7) is 1.34. The van der Waals surface area contributed by atoms with Gasteiger partial charge in [0.15, 0.2) is 4.80 Å². The first-order valence-electron chi connectivity index (χ1n) is 8.45. The summed E-state index contributed by atoms with van der Waals surface area (Å²) in [7, 11) is 1.70. The molecule has 3 rings (SSSR count). The van der Waals surface area contributed by atoms with Gasteiger partial charge >= 0.3 is 0 Å². The van der Waals surface area contributed by atoms with Crippen molar-refractivity contribution < 1.29 is 9.53 Å². The standard InChI is InChI=1S/C18H24N2O2S/c1-22-13-12-20-15-10-6-7-11-16(15)23-18(20)19-17(21)14-8-4-2-3-5-9-14/h6-7,10-11,14H,2-5,8-9,12-13H2,1H3/b19-18-. The Morgan fingerprint density at radius 3 is 2.74 bits per heavy atom. The summed E-state index contributed by atoms with van der Waals surface area (Å²) in [5.74, 6) is 0.170. The quantitative estimate of drug-likeness (QED) is 0.800. The highest BCUT2D eigenvalue weighted by atomic mass is 32.1. The van der Waals surface area contributed by atoms with Crippen LogP contribution in [0.4, 0.5) is 0 Å². The van der Waals surface area contributed by atoms with Crippen molar-refractivity contribution in [1.82, 2.24) is 4.57 Å². The summed E-state index contributed by atoms with van der Waals surface area (Å²) >= 11 is 1.59. The van der Waals surface area contributed by atoms with E-state index in [1.165, 1.54) is 12.8 Å². The molecule has 2 aromatic rings. The molecule has 0 spiro atoms. The molecule has 0 atom stereocenters. The molecule has 1 aromatic heterocycles. The van der Waals surface area contributed by atoms with Gasteiger partial charge in [-0.1, -0.05) is 49.2 Å². The Balaban J connectivity index is 1.94. The number of carbonyl (C=O) groups is 1. The van der Waals surface area contributed by atoms with Gasteiger partial charge in [0.25, 0.3) is 5.91 Å². The Hall–Kier alpha value is -1.46. The maximum Gasteiger partial charge on any atom is 0.251 e. The number of ether oxygens (including phenoxy) is 1. The molecule has 1 aromatic carbocycles. The zero-order chi connectivity index (χ0) is 16.1. The van der Waals surface area contributed by atoms with Crippen LogP contribution >= 0.6 is 11.3 Å². The average molecular weight is 332 g/mol. The lowest BCUT2D eigenvalue weighted by atomic mass is 10.00. The highest BCUT2D eigenvalue weighted by Crippen LogP contribution is 2.24. The number of methoxy groups -OCH3 is 1. The number of hydrogen-bond acceptors (Lipinski definition) is 3. The lowest BCUT2D eigenvalue weighted by molar-refractivity contribution is -0.122. The van der Waals surface area contributed by atoms with Crippen LogP contribution in [0, 0.1) is 5.92 Å². The van der Waals surface area contributed by atoms with Crippen molar-refractivity contribution >= 4 is 27.5 Å². The lowest BCUT2D eigenvalue weighted by Gasteiger charge is -2.09. The summed E-state index contributed by atoms with van der Waals surface area (Å²) in [4.78, 5) is 17.9. The van der Waals surface area contributed by atoms with E-state index in [-0.39, 0.29) is 11.8 Å². The third-order valence-electron chi connectivity index (χ3n) is 4.52. The molecule has 1 fully saturated rings. The van der Waals surface area contributed by atoms with E-state index in [0.29, 0.717) is 6.61 Å². The van der Waals surface area contributed by atoms with Crippen LogP contribution in [-0.2, 0) is 16.1 Å². The maximum atomic E-state index is 12.6. The molecule has 1 amide bonds. The highest BCUT2D eigenvalue weighted by molar-refractivity contribution is 7.16. The second-order valence-corrected chi connectivity index (χ2v) is 7.14. The number of nitrogens with zero attached hydrogens (tertiary/aromatic N) is 2. The summed E-state index contributed by atoms with van der Waals surface area (Å²) in [6.07, 6.45) is 6.79. The van der Waals surface area contributed by atoms with Gasteiger partial charge in [0.05, 0.1) is 16.8 Å². The predicted octanol–water partition coefficient (Wildman–Crippen LogP) is 3.75. The normalized spacial score (nSPS) is 17.5. The minimum absolute atomic E-state index is 0.0598. The second-order valence-electron chi connectivity index (χ2n) is 6.14. The van der Waals surface area contributed by atoms with Gasteiger partial charge in [0, 0.05) is 19.6 Å². The Bertz CT molecular complexity index is 724. The minimum atomic E-state index is 0.0598. The fraction of sp³-hybridized carbons (Fsp3) is 0.556. The number of benzene rings is 1. The van der Waals surface area contributed by atoms with Gasteiger partial charge in [0.1, 0.15) is 0 Å². The molecule has 1 heterocycles. The minimum Gasteiger partial charge on any atom is -0.383 e. The van der Waals surface area contributed by atoms with Crippen molar-refractivity contribution in [3.05, 3.63) is 29.1 Å². The van der Waals surface area contributed by atoms with Crippen molar-refractivity contribution in [2.45, 2.75) is 45.1 Å². The number of carbonyl (C=O) groups excluding carboxylic acids is 1. The topological polar surface area (TPSA) is 43.6 Å². The molecule has 1 aliphatic rings. The Labute approximate surface area is 140 Å². The molecular weight excluding hydrogens is 308 g/mol. The number of hydrogen-bond donors (Lipinski definition) is 0. The maximum absolute atomic E-state index is 12.6. The van der Waals surface area contributed by atoms with Crippen LogP contribution in [0.2, 0.25) is 0 Å². The number of para-hydroxylation sites is 1. The molecular formula is C18H24N2O2S. The number of aromatic nitrogens is 1. The smallest absolute Gasteiger partial charge is 0.251 e. The van der Waals surface area contributed by atoms with Crippen molar-refractivity contribution in [3.8, 4) is 0 Å². The van der Waals surface area contributed by atoms with Crippen molar-refractivity contribution in [2.24, 2.45) is 10.9 Å². The summed E-state index contributed by atoms with van der Waals surface area (Å²) in [6, 6.07) is 8.21. The number of fused-ring (bicyclic) bond motifs is 1. The van der Waals surface area contributed by atoms with Gasteiger partial charge in [-0.15, -0.1) is 0 Å². The van der Waals surface area contributed by atoms with E-state index >= 15 is 0 Å². The van der Waals surface area contributed by atoms with E-state index in [1.54, 1.807) is 18.4 Å². The third kappa shape index (κ3) is 3.90. The van der Waals surface area contributed by atoms with Gasteiger partial charge in [-0.3, -0.25) is 4.79 Å². The van der Waals surface area contributed by atoms with Crippen LogP contribution in [0.5, 0.6) is 0 Å². The molecule has 0 aliphatic heterocycles. The fourth-order valence-electron chi connectivity index (χ4n) is 3.22. The van der Waals surface area contributed by atoms with E-state index < -0.39 is 0 Å². The largest absolute Gasteiger partial charge is 0.383 e. The van der Waals surface area contributed by atoms with Crippen LogP contribution < -0.4 is 4.80 Å². The highest BCUT2D eigenvalue weighted by Gasteiger charge is 2.20. The van der Waals surface area contributed by atoms with Crippen molar-refractivity contribution in [2.75, 3.05) is 13.7 Å². The third-order valence-corrected chi connectivity index (χ3v) is 5.58. The van der Waals surface area contributed by atoms with E-state index in [1.807, 2.05) is 12.1 Å². The van der Waals surface area contributed by atoms with Gasteiger partial charge < -0.3 is 9.30 Å². The first kappa shape index (κ1) is 16.4. The molecule has 0 radical (unpaired) electrons. The number of amides is 1. The van der Waals surface area contributed by atoms with Gasteiger partial charge in [-0.2, -0.15) is 4.99 Å². The van der Waals surface area contributed by atoms with Crippen LogP contribution in [-0.4, -0.2) is 24.2 Å². The van der Waals surface area contributed by atoms with E-state index in [9.17, 15) is 4.79 Å². The van der Waals surface area contributed by atoms with Crippen LogP contribution in [0.15, 0.2) is 29.3 Å². The van der Waals surface area contributed by atoms with Crippen LogP contribution in [0.3, 0.4) is 0 Å². The molecule has 0 bridgehead atoms. The molecule has 5 heteroatoms. The zero-order valence-electron chi connectivity index (χ0n) is 13.7. The van der Waals surface area contributed by atoms with Gasteiger partial charge in [-0.05, 0) is 25.0 Å². The van der Waals surface area contributed by atoms with Crippen molar-refractivity contribution in [3.63, 3.8) is 0 Å². The molecule has 0 saturated heterocycles. The molecule has 0 N–H and O–H groups in total. The first-order chi connectivity index (χ1) is 11.3. The molecule has 1 aliphatic carbocycles. The Morgan fingerprint density at radius 1 is 1.26 bits per heavy atom. The fourth-order valence-corrected chi connectivity index (χ4v) is 4.28. The second kappa shape index (κ2) is 7.88. The van der Waals surface area contributed by atoms with E-state index in [4.69, 9.17) is 4.74 Å². The Morgan fingerprint density at radius 2 is 2.00 bits per heavy atom. The molecule has 124 valence electrons. The van der Waals surface area contributed by atoms with Gasteiger partial charge in [0.2, 0.25) is 0 Å². The molecule has 0 unspecified atom stereocenters. The molecule has 4 nitrogen and oxygen atoms in total. The van der Waals surface area contributed by atoms with Crippen molar-refractivity contribution in [1.29, 1.82) is 0 Å². The van der Waals surface area contributed by atoms with E-state index in [0.717, 1.165) is 47.2 Å². The monoisotopic (exact) mass is 332 g/mol. The van der Waals surface area contributed by atoms with Crippen LogP contribution in [0.25, 0.3) is 10.2 Å². The summed E-state index contributed by atoms with van der Waals surface area (Å²) in [5, 5.41) is 0.